The van der Waals surface area contributed by atoms with Gasteiger partial charge >= 0.3 is 0 Å². The SMILES string of the molecule is CCCC(C1C(C)=Cc2c(C(C)C)cc(C(C)C)cc21)C1C(C)=Cc2c(C(C)C)cc(C(C)C)cc21. The van der Waals surface area contributed by atoms with Crippen LogP contribution in [0.2, 0.25) is 0 Å². The second-order valence-electron chi connectivity index (χ2n) is 13.0. The number of hydrogen-bond acceptors (Lipinski definition) is 0. The molecule has 0 saturated heterocycles. The molecule has 0 nitrogen and oxygen atoms in total. The Morgan fingerprint density at radius 3 is 1.28 bits per heavy atom. The average molecular weight is 483 g/mol. The number of hydrogen-bond donors (Lipinski definition) is 0. The van der Waals surface area contributed by atoms with E-state index in [1.807, 2.05) is 0 Å². The van der Waals surface area contributed by atoms with Crippen molar-refractivity contribution in [1.82, 2.24) is 0 Å². The molecule has 2 aliphatic carbocycles. The zero-order valence-corrected chi connectivity index (χ0v) is 24.9. The Morgan fingerprint density at radius 2 is 0.972 bits per heavy atom. The molecule has 0 saturated carbocycles. The van der Waals surface area contributed by atoms with Gasteiger partial charge in [-0.05, 0) is 94.4 Å². The molecule has 4 rings (SSSR count). The molecule has 0 heterocycles. The van der Waals surface area contributed by atoms with Crippen molar-refractivity contribution < 1.29 is 0 Å². The van der Waals surface area contributed by atoms with Crippen LogP contribution in [0.15, 0.2) is 35.4 Å². The standard InChI is InChI=1S/C36H50/c1-12-13-28(35-24(10)14-31-29(22(6)7)16-26(20(2)3)18-33(31)35)36-25(11)15-32-30(23(8)9)17-27(21(4)5)19-34(32)36/h14-23,28,35-36H,12-13H2,1-11H3. The predicted molar refractivity (Wildman–Crippen MR) is 160 cm³/mol. The number of benzene rings is 2. The first kappa shape index (κ1) is 27.0. The Labute approximate surface area is 222 Å². The summed E-state index contributed by atoms with van der Waals surface area (Å²) in [6, 6.07) is 10.1. The van der Waals surface area contributed by atoms with Gasteiger partial charge in [0.05, 0.1) is 0 Å². The van der Waals surface area contributed by atoms with Crippen molar-refractivity contribution in [2.24, 2.45) is 5.92 Å². The van der Waals surface area contributed by atoms with Gasteiger partial charge in [0.2, 0.25) is 0 Å². The first-order valence-electron chi connectivity index (χ1n) is 14.7. The molecule has 2 aliphatic rings. The van der Waals surface area contributed by atoms with Crippen molar-refractivity contribution in [3.8, 4) is 0 Å². The van der Waals surface area contributed by atoms with Crippen LogP contribution in [0, 0.1) is 5.92 Å². The van der Waals surface area contributed by atoms with Crippen LogP contribution in [-0.4, -0.2) is 0 Å². The van der Waals surface area contributed by atoms with E-state index in [1.165, 1.54) is 46.2 Å². The molecule has 194 valence electrons. The molecule has 2 aromatic carbocycles. The highest BCUT2D eigenvalue weighted by Crippen LogP contribution is 2.55. The zero-order valence-electron chi connectivity index (χ0n) is 24.9. The minimum atomic E-state index is 0.501. The van der Waals surface area contributed by atoms with Crippen LogP contribution in [0.1, 0.15) is 169 Å². The lowest BCUT2D eigenvalue weighted by Gasteiger charge is -2.34. The van der Waals surface area contributed by atoms with E-state index in [0.29, 0.717) is 41.4 Å². The van der Waals surface area contributed by atoms with E-state index in [9.17, 15) is 0 Å². The van der Waals surface area contributed by atoms with E-state index < -0.39 is 0 Å². The lowest BCUT2D eigenvalue weighted by molar-refractivity contribution is 0.383. The minimum absolute atomic E-state index is 0.501. The van der Waals surface area contributed by atoms with Crippen molar-refractivity contribution in [2.75, 3.05) is 0 Å². The second-order valence-corrected chi connectivity index (χ2v) is 13.0. The van der Waals surface area contributed by atoms with E-state index in [4.69, 9.17) is 0 Å². The van der Waals surface area contributed by atoms with Gasteiger partial charge in [0.1, 0.15) is 0 Å². The third-order valence-corrected chi connectivity index (χ3v) is 8.98. The van der Waals surface area contributed by atoms with Gasteiger partial charge in [-0.2, -0.15) is 0 Å². The van der Waals surface area contributed by atoms with Crippen LogP contribution in [0.4, 0.5) is 0 Å². The summed E-state index contributed by atoms with van der Waals surface area (Å²) in [6.45, 7) is 26.0. The van der Waals surface area contributed by atoms with Crippen LogP contribution >= 0.6 is 0 Å². The summed E-state index contributed by atoms with van der Waals surface area (Å²) in [4.78, 5) is 0. The fraction of sp³-hybridized carbons (Fsp3) is 0.556. The lowest BCUT2D eigenvalue weighted by atomic mass is 9.69. The highest BCUT2D eigenvalue weighted by Gasteiger charge is 2.40. The quantitative estimate of drug-likeness (QED) is 0.351. The Bertz CT molecular complexity index is 1090. The molecule has 2 atom stereocenters. The fourth-order valence-corrected chi connectivity index (χ4v) is 7.04. The Balaban J connectivity index is 1.91. The van der Waals surface area contributed by atoms with E-state index in [-0.39, 0.29) is 0 Å². The van der Waals surface area contributed by atoms with Crippen molar-refractivity contribution in [3.63, 3.8) is 0 Å². The van der Waals surface area contributed by atoms with Gasteiger partial charge in [0.15, 0.2) is 0 Å². The predicted octanol–water partition coefficient (Wildman–Crippen LogP) is 11.3. The van der Waals surface area contributed by atoms with E-state index in [2.05, 4.69) is 113 Å². The summed E-state index contributed by atoms with van der Waals surface area (Å²) >= 11 is 0. The van der Waals surface area contributed by atoms with Gasteiger partial charge in [-0.15, -0.1) is 0 Å². The summed E-state index contributed by atoms with van der Waals surface area (Å²) in [6.07, 6.45) is 7.57. The van der Waals surface area contributed by atoms with Crippen molar-refractivity contribution in [1.29, 1.82) is 0 Å². The van der Waals surface area contributed by atoms with Crippen LogP contribution in [0.3, 0.4) is 0 Å². The van der Waals surface area contributed by atoms with E-state index >= 15 is 0 Å². The maximum absolute atomic E-state index is 2.57. The van der Waals surface area contributed by atoms with Gasteiger partial charge in [0, 0.05) is 11.8 Å². The van der Waals surface area contributed by atoms with Crippen LogP contribution in [0.5, 0.6) is 0 Å². The summed E-state index contributed by atoms with van der Waals surface area (Å²) < 4.78 is 0. The van der Waals surface area contributed by atoms with Gasteiger partial charge in [-0.25, -0.2) is 0 Å². The maximum Gasteiger partial charge on any atom is 0.00920 e. The largest absolute Gasteiger partial charge is 0.0654 e. The van der Waals surface area contributed by atoms with Crippen LogP contribution < -0.4 is 0 Å². The van der Waals surface area contributed by atoms with Crippen LogP contribution in [0.25, 0.3) is 12.2 Å². The zero-order chi connectivity index (χ0) is 26.5. The van der Waals surface area contributed by atoms with Gasteiger partial charge in [-0.1, -0.05) is 116 Å². The Kier molecular flexibility index (Phi) is 7.76. The number of allylic oxidation sites excluding steroid dienone is 2. The molecule has 0 aliphatic heterocycles. The lowest BCUT2D eigenvalue weighted by Crippen LogP contribution is -2.22. The molecular formula is C36H50. The average Bonchev–Trinajstić information content (AvgIpc) is 3.31. The van der Waals surface area contributed by atoms with E-state index in [1.54, 1.807) is 22.3 Å². The van der Waals surface area contributed by atoms with Crippen molar-refractivity contribution >= 4 is 12.2 Å². The molecule has 0 aromatic heterocycles. The summed E-state index contributed by atoms with van der Waals surface area (Å²) in [5.74, 6) is 3.78. The second kappa shape index (κ2) is 10.4. The molecule has 36 heavy (non-hydrogen) atoms. The first-order chi connectivity index (χ1) is 17.0. The van der Waals surface area contributed by atoms with Crippen molar-refractivity contribution in [2.45, 2.75) is 125 Å². The fourth-order valence-electron chi connectivity index (χ4n) is 7.04. The molecule has 0 heteroatoms. The Hall–Kier alpha value is -2.08. The minimum Gasteiger partial charge on any atom is -0.0654 e. The maximum atomic E-state index is 2.57. The number of fused-ring (bicyclic) bond motifs is 2. The summed E-state index contributed by atoms with van der Waals surface area (Å²) in [5, 5.41) is 0. The molecule has 0 bridgehead atoms. The molecule has 2 unspecified atom stereocenters. The molecule has 2 aromatic rings. The summed E-state index contributed by atoms with van der Waals surface area (Å²) in [5.41, 5.74) is 15.5. The van der Waals surface area contributed by atoms with Gasteiger partial charge in [0.25, 0.3) is 0 Å². The monoisotopic (exact) mass is 482 g/mol. The molecule has 0 N–H and O–H groups in total. The van der Waals surface area contributed by atoms with E-state index in [0.717, 1.165) is 0 Å². The smallest absolute Gasteiger partial charge is 0.00920 e. The van der Waals surface area contributed by atoms with Gasteiger partial charge < -0.3 is 0 Å². The van der Waals surface area contributed by atoms with Gasteiger partial charge in [-0.3, -0.25) is 0 Å². The molecule has 0 amide bonds. The highest BCUT2D eigenvalue weighted by molar-refractivity contribution is 5.73. The molecular weight excluding hydrogens is 432 g/mol. The third kappa shape index (κ3) is 4.66. The highest BCUT2D eigenvalue weighted by atomic mass is 14.4. The third-order valence-electron chi connectivity index (χ3n) is 8.98. The molecule has 0 fully saturated rings. The molecule has 0 spiro atoms. The number of rotatable bonds is 8. The summed E-state index contributed by atoms with van der Waals surface area (Å²) in [7, 11) is 0. The van der Waals surface area contributed by atoms with Crippen LogP contribution in [-0.2, 0) is 0 Å². The normalized spacial score (nSPS) is 19.9. The Morgan fingerprint density at radius 1 is 0.583 bits per heavy atom. The first-order valence-corrected chi connectivity index (χ1v) is 14.7. The topological polar surface area (TPSA) is 0 Å². The van der Waals surface area contributed by atoms with Crippen molar-refractivity contribution in [3.05, 3.63) is 79.9 Å². The molecule has 0 radical (unpaired) electrons.